The summed E-state index contributed by atoms with van der Waals surface area (Å²) in [4.78, 5) is 11.1. The van der Waals surface area contributed by atoms with Gasteiger partial charge in [-0.25, -0.2) is 0 Å². The Kier molecular flexibility index (Phi) is 4.07. The SMILES string of the molecule is N#CC1=C(c2ccccc2)OC[C@@H]([N+](=O)[O-])[C@@H]1c1ccccc1. The molecular formula is C18H14N2O3. The van der Waals surface area contributed by atoms with Crippen LogP contribution in [0.2, 0.25) is 0 Å². The van der Waals surface area contributed by atoms with Crippen molar-refractivity contribution in [1.29, 1.82) is 5.26 Å². The van der Waals surface area contributed by atoms with Crippen LogP contribution < -0.4 is 0 Å². The summed E-state index contributed by atoms with van der Waals surface area (Å²) in [6.45, 7) is -0.0536. The molecule has 2 atom stereocenters. The lowest BCUT2D eigenvalue weighted by Crippen LogP contribution is -2.36. The number of nitrogens with zero attached hydrogens (tertiary/aromatic N) is 2. The monoisotopic (exact) mass is 306 g/mol. The van der Waals surface area contributed by atoms with E-state index in [4.69, 9.17) is 4.74 Å². The van der Waals surface area contributed by atoms with E-state index in [0.717, 1.165) is 11.1 Å². The molecule has 0 unspecified atom stereocenters. The van der Waals surface area contributed by atoms with Crippen LogP contribution in [-0.2, 0) is 4.74 Å². The minimum absolute atomic E-state index is 0.0536. The molecular weight excluding hydrogens is 292 g/mol. The number of ether oxygens (including phenoxy) is 1. The second-order valence-corrected chi connectivity index (χ2v) is 5.27. The molecule has 0 spiro atoms. The maximum absolute atomic E-state index is 11.4. The van der Waals surface area contributed by atoms with Gasteiger partial charge in [-0.3, -0.25) is 10.1 Å². The van der Waals surface area contributed by atoms with Crippen molar-refractivity contribution in [1.82, 2.24) is 0 Å². The molecule has 0 N–H and O–H groups in total. The van der Waals surface area contributed by atoms with Gasteiger partial charge in [0.25, 0.3) is 6.04 Å². The van der Waals surface area contributed by atoms with Gasteiger partial charge in [0.1, 0.15) is 5.76 Å². The third-order valence-corrected chi connectivity index (χ3v) is 3.92. The molecule has 2 aromatic carbocycles. The van der Waals surface area contributed by atoms with E-state index >= 15 is 0 Å². The first kappa shape index (κ1) is 14.8. The van der Waals surface area contributed by atoms with Crippen LogP contribution in [-0.4, -0.2) is 17.6 Å². The maximum atomic E-state index is 11.4. The highest BCUT2D eigenvalue weighted by Gasteiger charge is 2.42. The Labute approximate surface area is 133 Å². The molecule has 0 aromatic heterocycles. The van der Waals surface area contributed by atoms with E-state index in [9.17, 15) is 15.4 Å². The van der Waals surface area contributed by atoms with Gasteiger partial charge in [0.2, 0.25) is 0 Å². The van der Waals surface area contributed by atoms with Gasteiger partial charge in [0, 0.05) is 10.5 Å². The fourth-order valence-electron chi connectivity index (χ4n) is 2.86. The van der Waals surface area contributed by atoms with Gasteiger partial charge in [0.15, 0.2) is 6.61 Å². The first-order valence-corrected chi connectivity index (χ1v) is 7.23. The second kappa shape index (κ2) is 6.32. The van der Waals surface area contributed by atoms with Crippen LogP contribution >= 0.6 is 0 Å². The summed E-state index contributed by atoms with van der Waals surface area (Å²) in [6, 6.07) is 19.5. The van der Waals surface area contributed by atoms with Crippen molar-refractivity contribution in [3.05, 3.63) is 87.5 Å². The lowest BCUT2D eigenvalue weighted by atomic mass is 9.82. The lowest BCUT2D eigenvalue weighted by Gasteiger charge is -2.28. The van der Waals surface area contributed by atoms with E-state index in [2.05, 4.69) is 6.07 Å². The van der Waals surface area contributed by atoms with Crippen molar-refractivity contribution in [2.75, 3.05) is 6.61 Å². The second-order valence-electron chi connectivity index (χ2n) is 5.27. The summed E-state index contributed by atoms with van der Waals surface area (Å²) in [5, 5.41) is 21.1. The van der Waals surface area contributed by atoms with Crippen molar-refractivity contribution < 1.29 is 9.66 Å². The minimum Gasteiger partial charge on any atom is -0.485 e. The van der Waals surface area contributed by atoms with Gasteiger partial charge in [-0.05, 0) is 5.56 Å². The van der Waals surface area contributed by atoms with Gasteiger partial charge in [0.05, 0.1) is 17.6 Å². The standard InChI is InChI=1S/C18H14N2O3/c19-11-15-17(13-7-3-1-4-8-13)16(20(21)22)12-23-18(15)14-9-5-2-6-10-14/h1-10,16-17H,12H2/t16-,17-/m1/s1. The third-order valence-electron chi connectivity index (χ3n) is 3.92. The van der Waals surface area contributed by atoms with Crippen molar-refractivity contribution in [2.24, 2.45) is 0 Å². The Hall–Kier alpha value is -3.13. The number of nitriles is 1. The molecule has 5 nitrogen and oxygen atoms in total. The molecule has 0 amide bonds. The molecule has 5 heteroatoms. The molecule has 0 aliphatic carbocycles. The lowest BCUT2D eigenvalue weighted by molar-refractivity contribution is -0.529. The molecule has 1 heterocycles. The summed E-state index contributed by atoms with van der Waals surface area (Å²) in [6.07, 6.45) is 0. The highest BCUT2D eigenvalue weighted by atomic mass is 16.6. The van der Waals surface area contributed by atoms with Crippen LogP contribution in [0.4, 0.5) is 0 Å². The quantitative estimate of drug-likeness (QED) is 0.643. The molecule has 0 saturated carbocycles. The highest BCUT2D eigenvalue weighted by Crippen LogP contribution is 2.38. The topological polar surface area (TPSA) is 76.2 Å². The zero-order valence-corrected chi connectivity index (χ0v) is 12.3. The first-order chi connectivity index (χ1) is 11.2. The fourth-order valence-corrected chi connectivity index (χ4v) is 2.86. The average Bonchev–Trinajstić information content (AvgIpc) is 2.61. The van der Waals surface area contributed by atoms with Crippen LogP contribution in [0.1, 0.15) is 17.0 Å². The normalized spacial score (nSPS) is 20.5. The molecule has 1 aliphatic heterocycles. The smallest absolute Gasteiger partial charge is 0.258 e. The number of rotatable bonds is 3. The van der Waals surface area contributed by atoms with Gasteiger partial charge >= 0.3 is 0 Å². The number of nitro groups is 1. The predicted octanol–water partition coefficient (Wildman–Crippen LogP) is 3.38. The van der Waals surface area contributed by atoms with Crippen LogP contribution in [0.15, 0.2) is 66.2 Å². The van der Waals surface area contributed by atoms with Crippen molar-refractivity contribution >= 4 is 5.76 Å². The highest BCUT2D eigenvalue weighted by molar-refractivity contribution is 5.70. The molecule has 0 fully saturated rings. The molecule has 1 aliphatic rings. The maximum Gasteiger partial charge on any atom is 0.258 e. The van der Waals surface area contributed by atoms with E-state index in [1.807, 2.05) is 60.7 Å². The third kappa shape index (κ3) is 2.79. The van der Waals surface area contributed by atoms with E-state index < -0.39 is 12.0 Å². The van der Waals surface area contributed by atoms with E-state index in [0.29, 0.717) is 11.3 Å². The van der Waals surface area contributed by atoms with Gasteiger partial charge in [-0.2, -0.15) is 5.26 Å². The Morgan fingerprint density at radius 1 is 1.09 bits per heavy atom. The van der Waals surface area contributed by atoms with Gasteiger partial charge in [-0.15, -0.1) is 0 Å². The van der Waals surface area contributed by atoms with Crippen molar-refractivity contribution in [3.8, 4) is 6.07 Å². The van der Waals surface area contributed by atoms with E-state index in [-0.39, 0.29) is 11.5 Å². The molecule has 0 radical (unpaired) electrons. The van der Waals surface area contributed by atoms with Gasteiger partial charge in [-0.1, -0.05) is 60.7 Å². The van der Waals surface area contributed by atoms with E-state index in [1.54, 1.807) is 0 Å². The Morgan fingerprint density at radius 2 is 1.70 bits per heavy atom. The average molecular weight is 306 g/mol. The molecule has 0 bridgehead atoms. The molecule has 2 aromatic rings. The van der Waals surface area contributed by atoms with Crippen LogP contribution in [0.5, 0.6) is 0 Å². The largest absolute Gasteiger partial charge is 0.485 e. The number of benzene rings is 2. The molecule has 0 saturated heterocycles. The van der Waals surface area contributed by atoms with Crippen LogP contribution in [0.25, 0.3) is 5.76 Å². The van der Waals surface area contributed by atoms with Crippen molar-refractivity contribution in [3.63, 3.8) is 0 Å². The summed E-state index contributed by atoms with van der Waals surface area (Å²) in [5.41, 5.74) is 1.81. The van der Waals surface area contributed by atoms with Crippen molar-refractivity contribution in [2.45, 2.75) is 12.0 Å². The Balaban J connectivity index is 2.17. The predicted molar refractivity (Wildman–Crippen MR) is 84.9 cm³/mol. The molecule has 114 valence electrons. The first-order valence-electron chi connectivity index (χ1n) is 7.23. The summed E-state index contributed by atoms with van der Waals surface area (Å²) >= 11 is 0. The molecule has 23 heavy (non-hydrogen) atoms. The molecule has 3 rings (SSSR count). The zero-order chi connectivity index (χ0) is 16.2. The number of hydrogen-bond donors (Lipinski definition) is 0. The Morgan fingerprint density at radius 3 is 2.26 bits per heavy atom. The summed E-state index contributed by atoms with van der Waals surface area (Å²) in [5.74, 6) is -0.180. The summed E-state index contributed by atoms with van der Waals surface area (Å²) < 4.78 is 5.61. The van der Waals surface area contributed by atoms with E-state index in [1.165, 1.54) is 0 Å². The summed E-state index contributed by atoms with van der Waals surface area (Å²) in [7, 11) is 0. The Bertz CT molecular complexity index is 779. The van der Waals surface area contributed by atoms with Gasteiger partial charge < -0.3 is 4.74 Å². The fraction of sp³-hybridized carbons (Fsp3) is 0.167. The zero-order valence-electron chi connectivity index (χ0n) is 12.3. The number of hydrogen-bond acceptors (Lipinski definition) is 4. The van der Waals surface area contributed by atoms with Crippen LogP contribution in [0.3, 0.4) is 0 Å². The minimum atomic E-state index is -0.973. The van der Waals surface area contributed by atoms with Crippen LogP contribution in [0, 0.1) is 21.4 Å².